The molecule has 0 aliphatic heterocycles. The van der Waals surface area contributed by atoms with E-state index >= 15 is 0 Å². The summed E-state index contributed by atoms with van der Waals surface area (Å²) in [5.74, 6) is -2.59. The number of carbonyl (C=O) groups is 3. The number of carboxylic acids is 2. The number of nitrogens with zero attached hydrogens (tertiary/aromatic N) is 2. The van der Waals surface area contributed by atoms with Gasteiger partial charge in [-0.05, 0) is 73.9 Å². The van der Waals surface area contributed by atoms with Crippen LogP contribution >= 0.6 is 0 Å². The third-order valence-corrected chi connectivity index (χ3v) is 4.80. The summed E-state index contributed by atoms with van der Waals surface area (Å²) >= 11 is 0. The summed E-state index contributed by atoms with van der Waals surface area (Å²) in [4.78, 5) is 34.3. The third-order valence-electron chi connectivity index (χ3n) is 4.80. The SMILES string of the molecule is O=C(CCCCCOc1ccc(N=Nc2ccccc2)cc1)Oc1cc(C(=O)O)cc(C(=O)O)c1. The molecule has 9 heteroatoms. The third kappa shape index (κ3) is 8.39. The molecule has 0 fully saturated rings. The van der Waals surface area contributed by atoms with Crippen molar-refractivity contribution in [1.29, 1.82) is 0 Å². The van der Waals surface area contributed by atoms with Crippen LogP contribution in [0.15, 0.2) is 83.0 Å². The Morgan fingerprint density at radius 2 is 1.29 bits per heavy atom. The summed E-state index contributed by atoms with van der Waals surface area (Å²) in [5, 5.41) is 26.5. The Kier molecular flexibility index (Phi) is 9.07. The van der Waals surface area contributed by atoms with Gasteiger partial charge in [0.15, 0.2) is 0 Å². The number of carboxylic acid groups (broad SMARTS) is 2. The van der Waals surface area contributed by atoms with Gasteiger partial charge in [0, 0.05) is 6.42 Å². The predicted molar refractivity (Wildman–Crippen MR) is 127 cm³/mol. The molecule has 180 valence electrons. The number of ether oxygens (including phenoxy) is 2. The van der Waals surface area contributed by atoms with Crippen molar-refractivity contribution in [2.24, 2.45) is 10.2 Å². The zero-order valence-electron chi connectivity index (χ0n) is 18.8. The Morgan fingerprint density at radius 1 is 0.686 bits per heavy atom. The topological polar surface area (TPSA) is 135 Å². The van der Waals surface area contributed by atoms with Crippen LogP contribution in [0.25, 0.3) is 0 Å². The second kappa shape index (κ2) is 12.6. The van der Waals surface area contributed by atoms with Gasteiger partial charge in [0.25, 0.3) is 0 Å². The van der Waals surface area contributed by atoms with Crippen LogP contribution < -0.4 is 9.47 Å². The standard InChI is InChI=1S/C26H24N2O7/c29-24(35-23-16-18(25(30)31)15-19(17-23)26(32)33)9-5-2-6-14-34-22-12-10-21(11-13-22)28-27-20-7-3-1-4-8-20/h1,3-4,7-8,10-13,15-17H,2,5-6,9,14H2,(H,30,31)(H,32,33). The highest BCUT2D eigenvalue weighted by molar-refractivity contribution is 5.94. The number of hydrogen-bond donors (Lipinski definition) is 2. The van der Waals surface area contributed by atoms with E-state index in [4.69, 9.17) is 19.7 Å². The van der Waals surface area contributed by atoms with Crippen LogP contribution in [-0.2, 0) is 4.79 Å². The minimum atomic E-state index is -1.31. The predicted octanol–water partition coefficient (Wildman–Crippen LogP) is 6.04. The quantitative estimate of drug-likeness (QED) is 0.141. The molecule has 9 nitrogen and oxygen atoms in total. The van der Waals surface area contributed by atoms with E-state index in [-0.39, 0.29) is 23.3 Å². The molecular weight excluding hydrogens is 452 g/mol. The number of unbranched alkanes of at least 4 members (excludes halogenated alkanes) is 2. The second-order valence-corrected chi connectivity index (χ2v) is 7.52. The second-order valence-electron chi connectivity index (χ2n) is 7.52. The fraction of sp³-hybridized carbons (Fsp3) is 0.192. The fourth-order valence-electron chi connectivity index (χ4n) is 3.04. The van der Waals surface area contributed by atoms with Gasteiger partial charge in [-0.3, -0.25) is 4.79 Å². The summed E-state index contributed by atoms with van der Waals surface area (Å²) in [5.41, 5.74) is 0.953. The summed E-state index contributed by atoms with van der Waals surface area (Å²) in [6, 6.07) is 19.9. The van der Waals surface area contributed by atoms with E-state index in [2.05, 4.69) is 10.2 Å². The summed E-state index contributed by atoms with van der Waals surface area (Å²) in [6.07, 6.45) is 2.10. The molecule has 0 spiro atoms. The monoisotopic (exact) mass is 476 g/mol. The van der Waals surface area contributed by atoms with E-state index in [0.717, 1.165) is 30.3 Å². The summed E-state index contributed by atoms with van der Waals surface area (Å²) in [7, 11) is 0. The molecular formula is C26H24N2O7. The Balaban J connectivity index is 1.36. The molecule has 0 aliphatic rings. The van der Waals surface area contributed by atoms with Crippen molar-refractivity contribution in [1.82, 2.24) is 0 Å². The van der Waals surface area contributed by atoms with Crippen LogP contribution in [0.2, 0.25) is 0 Å². The van der Waals surface area contributed by atoms with Crippen LogP contribution in [0, 0.1) is 0 Å². The molecule has 0 amide bonds. The molecule has 0 aromatic heterocycles. The van der Waals surface area contributed by atoms with Crippen LogP contribution in [0.3, 0.4) is 0 Å². The molecule has 0 unspecified atom stereocenters. The molecule has 35 heavy (non-hydrogen) atoms. The van der Waals surface area contributed by atoms with Gasteiger partial charge in [0.05, 0.1) is 29.1 Å². The lowest BCUT2D eigenvalue weighted by Gasteiger charge is -2.08. The molecule has 0 saturated carbocycles. The number of rotatable bonds is 12. The molecule has 3 aromatic rings. The molecule has 2 N–H and O–H groups in total. The highest BCUT2D eigenvalue weighted by Crippen LogP contribution is 2.22. The molecule has 0 atom stereocenters. The normalized spacial score (nSPS) is 10.7. The van der Waals surface area contributed by atoms with Gasteiger partial charge in [-0.15, -0.1) is 0 Å². The van der Waals surface area contributed by atoms with Gasteiger partial charge in [0.1, 0.15) is 11.5 Å². The molecule has 0 saturated heterocycles. The highest BCUT2D eigenvalue weighted by atomic mass is 16.5. The van der Waals surface area contributed by atoms with E-state index in [1.165, 1.54) is 0 Å². The van der Waals surface area contributed by atoms with Crippen LogP contribution in [0.5, 0.6) is 11.5 Å². The van der Waals surface area contributed by atoms with Crippen molar-refractivity contribution < 1.29 is 34.1 Å². The first-order valence-corrected chi connectivity index (χ1v) is 10.9. The lowest BCUT2D eigenvalue weighted by Crippen LogP contribution is -2.10. The van der Waals surface area contributed by atoms with Crippen molar-refractivity contribution in [3.63, 3.8) is 0 Å². The Labute approximate surface area is 201 Å². The van der Waals surface area contributed by atoms with E-state index in [1.54, 1.807) is 0 Å². The first-order valence-electron chi connectivity index (χ1n) is 10.9. The van der Waals surface area contributed by atoms with E-state index in [1.807, 2.05) is 54.6 Å². The molecule has 0 aliphatic carbocycles. The van der Waals surface area contributed by atoms with Crippen molar-refractivity contribution >= 4 is 29.3 Å². The molecule has 3 aromatic carbocycles. The number of hydrogen-bond acceptors (Lipinski definition) is 7. The van der Waals surface area contributed by atoms with E-state index < -0.39 is 17.9 Å². The Morgan fingerprint density at radius 3 is 1.89 bits per heavy atom. The number of benzene rings is 3. The lowest BCUT2D eigenvalue weighted by atomic mass is 10.1. The lowest BCUT2D eigenvalue weighted by molar-refractivity contribution is -0.134. The fourth-order valence-corrected chi connectivity index (χ4v) is 3.04. The maximum atomic E-state index is 12.0. The number of carbonyl (C=O) groups excluding carboxylic acids is 1. The van der Waals surface area contributed by atoms with Gasteiger partial charge in [-0.1, -0.05) is 18.2 Å². The van der Waals surface area contributed by atoms with Gasteiger partial charge in [0.2, 0.25) is 0 Å². The first-order chi connectivity index (χ1) is 16.9. The van der Waals surface area contributed by atoms with Crippen molar-refractivity contribution in [3.8, 4) is 11.5 Å². The van der Waals surface area contributed by atoms with Gasteiger partial charge >= 0.3 is 17.9 Å². The van der Waals surface area contributed by atoms with Crippen molar-refractivity contribution in [2.75, 3.05) is 6.61 Å². The smallest absolute Gasteiger partial charge is 0.335 e. The van der Waals surface area contributed by atoms with Gasteiger partial charge < -0.3 is 19.7 Å². The summed E-state index contributed by atoms with van der Waals surface area (Å²) in [6.45, 7) is 0.475. The number of aromatic carboxylic acids is 2. The maximum Gasteiger partial charge on any atom is 0.335 e. The van der Waals surface area contributed by atoms with Crippen LogP contribution in [0.4, 0.5) is 11.4 Å². The van der Waals surface area contributed by atoms with Gasteiger partial charge in [-0.2, -0.15) is 10.2 Å². The van der Waals surface area contributed by atoms with E-state index in [9.17, 15) is 14.4 Å². The average Bonchev–Trinajstić information content (AvgIpc) is 2.86. The first kappa shape index (κ1) is 25.1. The average molecular weight is 476 g/mol. The minimum Gasteiger partial charge on any atom is -0.494 e. The zero-order chi connectivity index (χ0) is 25.0. The Hall–Kier alpha value is -4.53. The van der Waals surface area contributed by atoms with E-state index in [0.29, 0.717) is 30.9 Å². The highest BCUT2D eigenvalue weighted by Gasteiger charge is 2.14. The largest absolute Gasteiger partial charge is 0.494 e. The number of azo groups is 1. The van der Waals surface area contributed by atoms with Crippen molar-refractivity contribution in [2.45, 2.75) is 25.7 Å². The van der Waals surface area contributed by atoms with Crippen LogP contribution in [0.1, 0.15) is 46.4 Å². The molecule has 0 radical (unpaired) electrons. The minimum absolute atomic E-state index is 0.109. The summed E-state index contributed by atoms with van der Waals surface area (Å²) < 4.78 is 10.8. The number of esters is 1. The molecule has 0 heterocycles. The maximum absolute atomic E-state index is 12.0. The van der Waals surface area contributed by atoms with Gasteiger partial charge in [-0.25, -0.2) is 9.59 Å². The molecule has 0 bridgehead atoms. The zero-order valence-corrected chi connectivity index (χ0v) is 18.8. The van der Waals surface area contributed by atoms with Crippen molar-refractivity contribution in [3.05, 3.63) is 83.9 Å². The van der Waals surface area contributed by atoms with Crippen LogP contribution in [-0.4, -0.2) is 34.7 Å². The molecule has 3 rings (SSSR count). The Bertz CT molecular complexity index is 1160.